The van der Waals surface area contributed by atoms with E-state index < -0.39 is 0 Å². The molecule has 3 fully saturated rings. The van der Waals surface area contributed by atoms with Crippen molar-refractivity contribution in [2.75, 3.05) is 32.7 Å². The number of likely N-dealkylation sites (tertiary alicyclic amines) is 1. The summed E-state index contributed by atoms with van der Waals surface area (Å²) in [7, 11) is 0. The lowest BCUT2D eigenvalue weighted by Gasteiger charge is -2.43. The van der Waals surface area contributed by atoms with E-state index in [-0.39, 0.29) is 24.0 Å². The number of carbonyl (C=O) groups excluding carboxylic acids is 2. The number of aryl methyl sites for hydroxylation is 1. The van der Waals surface area contributed by atoms with Crippen molar-refractivity contribution < 1.29 is 9.59 Å². The van der Waals surface area contributed by atoms with Crippen molar-refractivity contribution in [3.8, 4) is 0 Å². The highest BCUT2D eigenvalue weighted by atomic mass is 16.2. The number of hydrogen-bond donors (Lipinski definition) is 1. The van der Waals surface area contributed by atoms with Crippen LogP contribution in [0.25, 0.3) is 0 Å². The first-order chi connectivity index (χ1) is 13.5. The van der Waals surface area contributed by atoms with Gasteiger partial charge in [0.05, 0.1) is 0 Å². The van der Waals surface area contributed by atoms with E-state index in [9.17, 15) is 9.59 Å². The van der Waals surface area contributed by atoms with E-state index in [4.69, 9.17) is 0 Å². The second-order valence-corrected chi connectivity index (χ2v) is 8.67. The first-order valence-corrected chi connectivity index (χ1v) is 10.7. The number of hydrogen-bond acceptors (Lipinski definition) is 3. The molecule has 6 heteroatoms. The molecule has 3 heterocycles. The third-order valence-corrected chi connectivity index (χ3v) is 6.61. The fraction of sp³-hybridized carbons (Fsp3) is 0.636. The molecule has 3 aliphatic heterocycles. The van der Waals surface area contributed by atoms with E-state index in [1.54, 1.807) is 0 Å². The Balaban J connectivity index is 1.27. The van der Waals surface area contributed by atoms with Gasteiger partial charge in [-0.25, -0.2) is 4.79 Å². The Kier molecular flexibility index (Phi) is 5.58. The van der Waals surface area contributed by atoms with Crippen LogP contribution < -0.4 is 5.32 Å². The summed E-state index contributed by atoms with van der Waals surface area (Å²) in [5.74, 6) is 0.0933. The second kappa shape index (κ2) is 8.11. The van der Waals surface area contributed by atoms with Gasteiger partial charge in [-0.2, -0.15) is 0 Å². The van der Waals surface area contributed by atoms with Gasteiger partial charge in [-0.3, -0.25) is 9.69 Å². The molecule has 0 saturated carbocycles. The highest BCUT2D eigenvalue weighted by molar-refractivity contribution is 5.94. The van der Waals surface area contributed by atoms with Crippen molar-refractivity contribution in [2.24, 2.45) is 0 Å². The molecule has 3 saturated heterocycles. The number of nitrogens with one attached hydrogen (secondary N) is 1. The molecular weight excluding hydrogens is 352 g/mol. The number of amides is 3. The number of carbonyl (C=O) groups is 2. The zero-order valence-corrected chi connectivity index (χ0v) is 17.1. The topological polar surface area (TPSA) is 55.9 Å². The molecule has 1 aromatic rings. The quantitative estimate of drug-likeness (QED) is 0.852. The maximum absolute atomic E-state index is 12.8. The van der Waals surface area contributed by atoms with Crippen molar-refractivity contribution in [1.29, 1.82) is 0 Å². The smallest absolute Gasteiger partial charge is 0.317 e. The fourth-order valence-corrected chi connectivity index (χ4v) is 4.83. The van der Waals surface area contributed by atoms with E-state index in [1.165, 1.54) is 19.4 Å². The summed E-state index contributed by atoms with van der Waals surface area (Å²) in [6, 6.07) is 8.78. The minimum absolute atomic E-state index is 0.0716. The molecule has 0 spiro atoms. The van der Waals surface area contributed by atoms with Crippen LogP contribution in [0.15, 0.2) is 24.3 Å². The predicted octanol–water partition coefficient (Wildman–Crippen LogP) is 2.48. The Labute approximate surface area is 167 Å². The van der Waals surface area contributed by atoms with Gasteiger partial charge >= 0.3 is 6.03 Å². The summed E-state index contributed by atoms with van der Waals surface area (Å²) in [5, 5.41) is 3.24. The van der Waals surface area contributed by atoms with Gasteiger partial charge in [0, 0.05) is 49.9 Å². The van der Waals surface area contributed by atoms with Crippen LogP contribution >= 0.6 is 0 Å². The molecule has 0 aromatic heterocycles. The standard InChI is InChI=1S/C22H32N4O2/c1-16-5-7-18(8-6-16)21(27)24-12-9-19(10-13-24)23-22(28)26-15-20-4-3-11-25(20)14-17(26)2/h5-8,17,19-20H,3-4,9-15H2,1-2H3,(H,23,28). The second-order valence-electron chi connectivity index (χ2n) is 8.67. The zero-order valence-electron chi connectivity index (χ0n) is 17.1. The molecule has 0 radical (unpaired) electrons. The van der Waals surface area contributed by atoms with E-state index in [0.717, 1.165) is 37.1 Å². The van der Waals surface area contributed by atoms with Gasteiger partial charge in [0.25, 0.3) is 5.91 Å². The predicted molar refractivity (Wildman–Crippen MR) is 109 cm³/mol. The van der Waals surface area contributed by atoms with Crippen molar-refractivity contribution in [2.45, 2.75) is 57.7 Å². The summed E-state index contributed by atoms with van der Waals surface area (Å²) < 4.78 is 0. The Morgan fingerprint density at radius 3 is 2.43 bits per heavy atom. The van der Waals surface area contributed by atoms with Crippen LogP contribution in [0.4, 0.5) is 4.79 Å². The Hall–Kier alpha value is -2.08. The summed E-state index contributed by atoms with van der Waals surface area (Å²) >= 11 is 0. The van der Waals surface area contributed by atoms with E-state index in [1.807, 2.05) is 41.0 Å². The summed E-state index contributed by atoms with van der Waals surface area (Å²) in [5.41, 5.74) is 1.90. The lowest BCUT2D eigenvalue weighted by molar-refractivity contribution is 0.0681. The zero-order chi connectivity index (χ0) is 19.7. The minimum atomic E-state index is 0.0716. The van der Waals surface area contributed by atoms with Crippen molar-refractivity contribution >= 4 is 11.9 Å². The van der Waals surface area contributed by atoms with Crippen LogP contribution in [0.1, 0.15) is 48.5 Å². The number of nitrogens with zero attached hydrogens (tertiary/aromatic N) is 3. The van der Waals surface area contributed by atoms with Crippen LogP contribution in [-0.2, 0) is 0 Å². The van der Waals surface area contributed by atoms with E-state index in [2.05, 4.69) is 17.1 Å². The van der Waals surface area contributed by atoms with Gasteiger partial charge in [0.1, 0.15) is 0 Å². The fourth-order valence-electron chi connectivity index (χ4n) is 4.83. The van der Waals surface area contributed by atoms with Crippen molar-refractivity contribution in [1.82, 2.24) is 20.0 Å². The molecule has 6 nitrogen and oxygen atoms in total. The van der Waals surface area contributed by atoms with Gasteiger partial charge in [0.2, 0.25) is 0 Å². The number of piperidine rings is 1. The van der Waals surface area contributed by atoms with Crippen molar-refractivity contribution in [3.63, 3.8) is 0 Å². The molecule has 152 valence electrons. The molecule has 0 bridgehead atoms. The van der Waals surface area contributed by atoms with Crippen LogP contribution in [-0.4, -0.2) is 77.5 Å². The summed E-state index contributed by atoms with van der Waals surface area (Å²) in [6.07, 6.45) is 4.10. The van der Waals surface area contributed by atoms with Crippen LogP contribution in [0.2, 0.25) is 0 Å². The molecule has 28 heavy (non-hydrogen) atoms. The largest absolute Gasteiger partial charge is 0.338 e. The van der Waals surface area contributed by atoms with Crippen LogP contribution in [0, 0.1) is 6.92 Å². The Bertz CT molecular complexity index is 712. The van der Waals surface area contributed by atoms with Crippen LogP contribution in [0.5, 0.6) is 0 Å². The highest BCUT2D eigenvalue weighted by Crippen LogP contribution is 2.25. The third kappa shape index (κ3) is 4.02. The first-order valence-electron chi connectivity index (χ1n) is 10.7. The maximum Gasteiger partial charge on any atom is 0.317 e. The van der Waals surface area contributed by atoms with Crippen molar-refractivity contribution in [3.05, 3.63) is 35.4 Å². The molecule has 2 unspecified atom stereocenters. The monoisotopic (exact) mass is 384 g/mol. The van der Waals surface area contributed by atoms with E-state index in [0.29, 0.717) is 19.1 Å². The molecule has 3 aliphatic rings. The highest BCUT2D eigenvalue weighted by Gasteiger charge is 2.37. The Morgan fingerprint density at radius 2 is 1.71 bits per heavy atom. The maximum atomic E-state index is 12.8. The molecule has 0 aliphatic carbocycles. The summed E-state index contributed by atoms with van der Waals surface area (Å²) in [4.78, 5) is 32.0. The molecular formula is C22H32N4O2. The number of piperazine rings is 1. The molecule has 1 aromatic carbocycles. The normalized spacial score (nSPS) is 26.2. The molecule has 1 N–H and O–H groups in total. The SMILES string of the molecule is Cc1ccc(C(=O)N2CCC(NC(=O)N3CC4CCCN4CC3C)CC2)cc1. The van der Waals surface area contributed by atoms with Crippen LogP contribution in [0.3, 0.4) is 0 Å². The van der Waals surface area contributed by atoms with Gasteiger partial charge in [-0.05, 0) is 58.2 Å². The van der Waals surface area contributed by atoms with E-state index >= 15 is 0 Å². The molecule has 4 rings (SSSR count). The van der Waals surface area contributed by atoms with Gasteiger partial charge in [-0.15, -0.1) is 0 Å². The Morgan fingerprint density at radius 1 is 1.00 bits per heavy atom. The molecule has 2 atom stereocenters. The summed E-state index contributed by atoms with van der Waals surface area (Å²) in [6.45, 7) is 8.58. The van der Waals surface area contributed by atoms with Gasteiger partial charge in [0.15, 0.2) is 0 Å². The number of fused-ring (bicyclic) bond motifs is 1. The minimum Gasteiger partial charge on any atom is -0.338 e. The third-order valence-electron chi connectivity index (χ3n) is 6.61. The first kappa shape index (κ1) is 19.2. The van der Waals surface area contributed by atoms with Gasteiger partial charge in [-0.1, -0.05) is 17.7 Å². The average Bonchev–Trinajstić information content (AvgIpc) is 3.15. The lowest BCUT2D eigenvalue weighted by Crippen LogP contribution is -2.60. The number of benzene rings is 1. The number of urea groups is 1. The number of rotatable bonds is 2. The average molecular weight is 385 g/mol. The lowest BCUT2D eigenvalue weighted by atomic mass is 10.0. The van der Waals surface area contributed by atoms with Gasteiger partial charge < -0.3 is 15.1 Å². The molecule has 3 amide bonds.